The number of benzene rings is 2. The molecule has 0 bridgehead atoms. The number of halogens is 1. The van der Waals surface area contributed by atoms with E-state index in [-0.39, 0.29) is 5.69 Å². The van der Waals surface area contributed by atoms with Gasteiger partial charge in [0.1, 0.15) is 11.5 Å². The van der Waals surface area contributed by atoms with Crippen molar-refractivity contribution in [1.82, 2.24) is 0 Å². The molecule has 0 saturated carbocycles. The van der Waals surface area contributed by atoms with Crippen molar-refractivity contribution in [3.05, 3.63) is 62.7 Å². The summed E-state index contributed by atoms with van der Waals surface area (Å²) in [5.74, 6) is 0.983. The minimum atomic E-state index is -0.659. The summed E-state index contributed by atoms with van der Waals surface area (Å²) >= 11 is 6.06. The molecule has 0 aliphatic heterocycles. The van der Waals surface area contributed by atoms with Crippen molar-refractivity contribution >= 4 is 17.3 Å². The summed E-state index contributed by atoms with van der Waals surface area (Å²) in [5.41, 5.74) is 1.18. The van der Waals surface area contributed by atoms with E-state index in [9.17, 15) is 15.2 Å². The highest BCUT2D eigenvalue weighted by molar-refractivity contribution is 6.31. The second kappa shape index (κ2) is 6.11. The summed E-state index contributed by atoms with van der Waals surface area (Å²) in [6, 6.07) is 9.48. The maximum Gasteiger partial charge on any atom is 0.272 e. The molecule has 21 heavy (non-hydrogen) atoms. The molecule has 2 aromatic carbocycles. The van der Waals surface area contributed by atoms with Crippen LogP contribution in [0.2, 0.25) is 5.02 Å². The van der Waals surface area contributed by atoms with Gasteiger partial charge in [0.2, 0.25) is 0 Å². The van der Waals surface area contributed by atoms with Gasteiger partial charge in [-0.25, -0.2) is 0 Å². The van der Waals surface area contributed by atoms with Crippen LogP contribution in [0.5, 0.6) is 11.5 Å². The molecule has 2 aromatic rings. The highest BCUT2D eigenvalue weighted by Gasteiger charge is 2.12. The minimum absolute atomic E-state index is 0.0461. The lowest BCUT2D eigenvalue weighted by Gasteiger charge is -2.11. The molecule has 0 saturated heterocycles. The number of ether oxygens (including phenoxy) is 1. The van der Waals surface area contributed by atoms with Gasteiger partial charge in [0.25, 0.3) is 5.69 Å². The number of nitro groups is 1. The van der Waals surface area contributed by atoms with E-state index in [4.69, 9.17) is 16.3 Å². The number of aryl methyl sites for hydroxylation is 1. The van der Waals surface area contributed by atoms with E-state index in [0.717, 1.165) is 0 Å². The van der Waals surface area contributed by atoms with Crippen molar-refractivity contribution in [3.8, 4) is 11.5 Å². The van der Waals surface area contributed by atoms with E-state index >= 15 is 0 Å². The number of nitrogens with zero attached hydrogens (tertiary/aromatic N) is 1. The van der Waals surface area contributed by atoms with Gasteiger partial charge >= 0.3 is 0 Å². The Kier molecular flexibility index (Phi) is 4.45. The standard InChI is InChI=1S/C15H14ClNO4/c1-9-7-11(4-6-15(9)17(19)20)21-12-3-5-13(10(2)18)14(16)8-12/h3-8,10,18H,1-2H3. The Morgan fingerprint density at radius 1 is 1.24 bits per heavy atom. The Morgan fingerprint density at radius 3 is 2.38 bits per heavy atom. The lowest BCUT2D eigenvalue weighted by molar-refractivity contribution is -0.385. The molecule has 0 amide bonds. The van der Waals surface area contributed by atoms with Crippen molar-refractivity contribution in [2.24, 2.45) is 0 Å². The van der Waals surface area contributed by atoms with Crippen LogP contribution in [0.25, 0.3) is 0 Å². The van der Waals surface area contributed by atoms with Crippen LogP contribution in [0.4, 0.5) is 5.69 Å². The van der Waals surface area contributed by atoms with E-state index in [1.165, 1.54) is 12.1 Å². The zero-order chi connectivity index (χ0) is 15.6. The molecule has 0 aliphatic rings. The number of hydrogen-bond donors (Lipinski definition) is 1. The van der Waals surface area contributed by atoms with Gasteiger partial charge in [-0.15, -0.1) is 0 Å². The van der Waals surface area contributed by atoms with E-state index in [1.54, 1.807) is 38.1 Å². The lowest BCUT2D eigenvalue weighted by atomic mass is 10.1. The monoisotopic (exact) mass is 307 g/mol. The summed E-state index contributed by atoms with van der Waals surface area (Å²) in [4.78, 5) is 10.3. The highest BCUT2D eigenvalue weighted by atomic mass is 35.5. The summed E-state index contributed by atoms with van der Waals surface area (Å²) < 4.78 is 5.62. The summed E-state index contributed by atoms with van der Waals surface area (Å²) in [6.45, 7) is 3.27. The molecular weight excluding hydrogens is 294 g/mol. The number of aliphatic hydroxyl groups excluding tert-OH is 1. The number of nitro benzene ring substituents is 1. The summed E-state index contributed by atoms with van der Waals surface area (Å²) in [5, 5.41) is 20.7. The van der Waals surface area contributed by atoms with Gasteiger partial charge in [0.05, 0.1) is 16.0 Å². The second-order valence-corrected chi connectivity index (χ2v) is 5.07. The largest absolute Gasteiger partial charge is 0.457 e. The van der Waals surface area contributed by atoms with Crippen molar-refractivity contribution in [1.29, 1.82) is 0 Å². The fourth-order valence-corrected chi connectivity index (χ4v) is 2.27. The van der Waals surface area contributed by atoms with E-state index < -0.39 is 11.0 Å². The molecule has 1 atom stereocenters. The Hall–Kier alpha value is -2.11. The van der Waals surface area contributed by atoms with Crippen LogP contribution < -0.4 is 4.74 Å². The molecular formula is C15H14ClNO4. The molecule has 2 rings (SSSR count). The molecule has 110 valence electrons. The van der Waals surface area contributed by atoms with Crippen LogP contribution in [-0.2, 0) is 0 Å². The summed E-state index contributed by atoms with van der Waals surface area (Å²) in [7, 11) is 0. The molecule has 0 radical (unpaired) electrons. The fourth-order valence-electron chi connectivity index (χ4n) is 1.94. The second-order valence-electron chi connectivity index (χ2n) is 4.67. The van der Waals surface area contributed by atoms with Crippen molar-refractivity contribution < 1.29 is 14.8 Å². The zero-order valence-corrected chi connectivity index (χ0v) is 12.3. The number of rotatable bonds is 4. The van der Waals surface area contributed by atoms with Crippen LogP contribution in [0.15, 0.2) is 36.4 Å². The fraction of sp³-hybridized carbons (Fsp3) is 0.200. The first kappa shape index (κ1) is 15.3. The van der Waals surface area contributed by atoms with Gasteiger partial charge in [-0.2, -0.15) is 0 Å². The SMILES string of the molecule is Cc1cc(Oc2ccc(C(C)O)c(Cl)c2)ccc1[N+](=O)[O-]. The topological polar surface area (TPSA) is 72.6 Å². The third-order valence-electron chi connectivity index (χ3n) is 3.02. The van der Waals surface area contributed by atoms with Gasteiger partial charge < -0.3 is 9.84 Å². The smallest absolute Gasteiger partial charge is 0.272 e. The predicted molar refractivity (Wildman–Crippen MR) is 80.0 cm³/mol. The molecule has 0 spiro atoms. The molecule has 0 aromatic heterocycles. The van der Waals surface area contributed by atoms with Crippen LogP contribution in [-0.4, -0.2) is 10.0 Å². The Balaban J connectivity index is 2.24. The van der Waals surface area contributed by atoms with Gasteiger partial charge in [-0.05, 0) is 43.7 Å². The van der Waals surface area contributed by atoms with Gasteiger partial charge in [-0.1, -0.05) is 17.7 Å². The quantitative estimate of drug-likeness (QED) is 0.671. The third kappa shape index (κ3) is 3.51. The Labute approximate surface area is 126 Å². The zero-order valence-electron chi connectivity index (χ0n) is 11.5. The first-order valence-electron chi connectivity index (χ1n) is 6.29. The van der Waals surface area contributed by atoms with E-state index in [0.29, 0.717) is 27.6 Å². The molecule has 0 fully saturated rings. The lowest BCUT2D eigenvalue weighted by Crippen LogP contribution is -1.94. The summed E-state index contributed by atoms with van der Waals surface area (Å²) in [6.07, 6.45) is -0.659. The molecule has 0 aliphatic carbocycles. The first-order valence-corrected chi connectivity index (χ1v) is 6.66. The van der Waals surface area contributed by atoms with E-state index in [1.807, 2.05) is 0 Å². The molecule has 0 heterocycles. The van der Waals surface area contributed by atoms with Crippen LogP contribution in [0, 0.1) is 17.0 Å². The predicted octanol–water partition coefficient (Wildman–Crippen LogP) is 4.40. The highest BCUT2D eigenvalue weighted by Crippen LogP contribution is 2.31. The Morgan fingerprint density at radius 2 is 1.86 bits per heavy atom. The van der Waals surface area contributed by atoms with Gasteiger partial charge in [-0.3, -0.25) is 10.1 Å². The van der Waals surface area contributed by atoms with Gasteiger partial charge in [0, 0.05) is 11.6 Å². The number of aliphatic hydroxyl groups is 1. The van der Waals surface area contributed by atoms with Crippen molar-refractivity contribution in [3.63, 3.8) is 0 Å². The van der Waals surface area contributed by atoms with Crippen LogP contribution in [0.3, 0.4) is 0 Å². The maximum absolute atomic E-state index is 10.8. The minimum Gasteiger partial charge on any atom is -0.457 e. The maximum atomic E-state index is 10.8. The normalized spacial score (nSPS) is 12.0. The third-order valence-corrected chi connectivity index (χ3v) is 3.35. The number of hydrogen-bond acceptors (Lipinski definition) is 4. The van der Waals surface area contributed by atoms with E-state index in [2.05, 4.69) is 0 Å². The molecule has 1 unspecified atom stereocenters. The molecule has 6 heteroatoms. The van der Waals surface area contributed by atoms with Crippen LogP contribution in [0.1, 0.15) is 24.2 Å². The molecule has 5 nitrogen and oxygen atoms in total. The van der Waals surface area contributed by atoms with Crippen LogP contribution >= 0.6 is 11.6 Å². The van der Waals surface area contributed by atoms with Crippen molar-refractivity contribution in [2.75, 3.05) is 0 Å². The van der Waals surface area contributed by atoms with Crippen molar-refractivity contribution in [2.45, 2.75) is 20.0 Å². The average Bonchev–Trinajstić information content (AvgIpc) is 2.37. The first-order chi connectivity index (χ1) is 9.88. The molecule has 1 N–H and O–H groups in total. The average molecular weight is 308 g/mol. The Bertz CT molecular complexity index is 685. The van der Waals surface area contributed by atoms with Gasteiger partial charge in [0.15, 0.2) is 0 Å².